The highest BCUT2D eigenvalue weighted by Crippen LogP contribution is 2.63. The van der Waals surface area contributed by atoms with Crippen molar-refractivity contribution in [2.75, 3.05) is 13.2 Å². The highest BCUT2D eigenvalue weighted by molar-refractivity contribution is 7.55. The van der Waals surface area contributed by atoms with Crippen molar-refractivity contribution in [3.8, 4) is 0 Å². The van der Waals surface area contributed by atoms with Gasteiger partial charge in [-0.1, -0.05) is 17.7 Å². The summed E-state index contributed by atoms with van der Waals surface area (Å²) >= 11 is 7.49. The molecular weight excluding hydrogens is 467 g/mol. The Morgan fingerprint density at radius 2 is 1.90 bits per heavy atom. The average molecular weight is 484 g/mol. The third-order valence-electron chi connectivity index (χ3n) is 4.73. The van der Waals surface area contributed by atoms with Gasteiger partial charge in [0.25, 0.3) is 0 Å². The van der Waals surface area contributed by atoms with Gasteiger partial charge in [-0.2, -0.15) is 0 Å². The van der Waals surface area contributed by atoms with Crippen LogP contribution in [-0.2, 0) is 18.4 Å². The van der Waals surface area contributed by atoms with Crippen molar-refractivity contribution in [3.63, 3.8) is 0 Å². The van der Waals surface area contributed by atoms with Gasteiger partial charge in [0.2, 0.25) is 5.91 Å². The van der Waals surface area contributed by atoms with Gasteiger partial charge in [0.15, 0.2) is 5.66 Å². The molecule has 1 aliphatic heterocycles. The summed E-state index contributed by atoms with van der Waals surface area (Å²) in [5.74, 6) is -2.22. The van der Waals surface area contributed by atoms with Gasteiger partial charge in [-0.05, 0) is 59.2 Å². The van der Waals surface area contributed by atoms with Gasteiger partial charge in [0, 0.05) is 21.5 Å². The minimum atomic E-state index is -3.85. The molecule has 1 unspecified atom stereocenters. The molecule has 10 heteroatoms. The second kappa shape index (κ2) is 9.18. The Bertz CT molecular complexity index is 1190. The summed E-state index contributed by atoms with van der Waals surface area (Å²) in [5.41, 5.74) is -1.12. The van der Waals surface area contributed by atoms with E-state index < -0.39 is 30.8 Å². The molecule has 2 aromatic carbocycles. The summed E-state index contributed by atoms with van der Waals surface area (Å²) in [7, 11) is -3.85. The van der Waals surface area contributed by atoms with E-state index in [4.69, 9.17) is 20.6 Å². The number of amides is 1. The first-order valence-electron chi connectivity index (χ1n) is 9.35. The van der Waals surface area contributed by atoms with E-state index in [2.05, 4.69) is 5.32 Å². The van der Waals surface area contributed by atoms with Crippen molar-refractivity contribution >= 4 is 52.6 Å². The van der Waals surface area contributed by atoms with Crippen molar-refractivity contribution in [1.82, 2.24) is 5.32 Å². The monoisotopic (exact) mass is 483 g/mol. The van der Waals surface area contributed by atoms with Crippen LogP contribution in [0.4, 0.5) is 8.78 Å². The van der Waals surface area contributed by atoms with E-state index in [0.717, 1.165) is 29.1 Å². The van der Waals surface area contributed by atoms with Crippen LogP contribution in [0.15, 0.2) is 48.0 Å². The lowest BCUT2D eigenvalue weighted by Crippen LogP contribution is -2.28. The molecule has 5 nitrogen and oxygen atoms in total. The molecule has 31 heavy (non-hydrogen) atoms. The number of thiophene rings is 1. The number of hydrogen-bond acceptors (Lipinski definition) is 5. The molecule has 0 saturated carbocycles. The number of carbonyl (C=O) groups is 1. The van der Waals surface area contributed by atoms with Crippen LogP contribution in [0.5, 0.6) is 0 Å². The maximum Gasteiger partial charge on any atom is 0.347 e. The number of benzene rings is 2. The van der Waals surface area contributed by atoms with Crippen LogP contribution in [0.1, 0.15) is 23.2 Å². The lowest BCUT2D eigenvalue weighted by atomic mass is 10.1. The molecule has 1 amide bonds. The lowest BCUT2D eigenvalue weighted by molar-refractivity contribution is -0.120. The molecular formula is C21H17ClF2NO4PS. The summed E-state index contributed by atoms with van der Waals surface area (Å²) in [6.45, 7) is 0.389. The lowest BCUT2D eigenvalue weighted by Gasteiger charge is -2.29. The largest absolute Gasteiger partial charge is 0.347 e. The number of fused-ring (bicyclic) bond motifs is 1. The third-order valence-corrected chi connectivity index (χ3v) is 8.18. The minimum absolute atomic E-state index is 0.195. The Morgan fingerprint density at radius 1 is 1.19 bits per heavy atom. The van der Waals surface area contributed by atoms with Crippen molar-refractivity contribution < 1.29 is 27.2 Å². The zero-order chi connectivity index (χ0) is 22.0. The fraction of sp³-hybridized carbons (Fsp3) is 0.190. The van der Waals surface area contributed by atoms with E-state index in [1.807, 2.05) is 0 Å². The quantitative estimate of drug-likeness (QED) is 0.433. The van der Waals surface area contributed by atoms with Crippen molar-refractivity contribution in [3.05, 3.63) is 75.8 Å². The first-order valence-corrected chi connectivity index (χ1v) is 12.2. The Morgan fingerprint density at radius 3 is 2.61 bits per heavy atom. The summed E-state index contributed by atoms with van der Waals surface area (Å²) in [6, 6.07) is 8.67. The number of halogens is 3. The van der Waals surface area contributed by atoms with Crippen LogP contribution in [-0.4, -0.2) is 19.1 Å². The summed E-state index contributed by atoms with van der Waals surface area (Å²) < 4.78 is 52.9. The van der Waals surface area contributed by atoms with Gasteiger partial charge in [-0.3, -0.25) is 9.36 Å². The normalized spacial score (nSPS) is 17.1. The predicted octanol–water partition coefficient (Wildman–Crippen LogP) is 6.29. The van der Waals surface area contributed by atoms with Crippen LogP contribution in [0.3, 0.4) is 0 Å². The molecule has 0 bridgehead atoms. The van der Waals surface area contributed by atoms with Crippen LogP contribution >= 0.6 is 30.5 Å². The number of rotatable bonds is 5. The summed E-state index contributed by atoms with van der Waals surface area (Å²) in [4.78, 5) is 13.1. The zero-order valence-corrected chi connectivity index (χ0v) is 18.5. The van der Waals surface area contributed by atoms with Crippen LogP contribution in [0, 0.1) is 11.6 Å². The van der Waals surface area contributed by atoms with Gasteiger partial charge in [-0.15, -0.1) is 11.3 Å². The maximum atomic E-state index is 13.8. The topological polar surface area (TPSA) is 64.6 Å². The van der Waals surface area contributed by atoms with Gasteiger partial charge in [0.05, 0.1) is 13.2 Å². The number of carbonyl (C=O) groups excluding carboxylic acids is 1. The number of hydrogen-bond donors (Lipinski definition) is 1. The summed E-state index contributed by atoms with van der Waals surface area (Å²) in [5, 5.41) is 5.30. The zero-order valence-electron chi connectivity index (χ0n) is 16.0. The standard InChI is InChI=1S/C21H17ClF2NO4PS/c22-13-5-6-19-15(11-13)16(12-31-19)20(30(27)28-9-2-10-29-30)21(26)25-8-7-14-17(23)3-1-4-18(14)24/h1,3-8,11-12,20H,2,9-10H2,(H,25,26)/b8-7+. The van der Waals surface area contributed by atoms with Crippen LogP contribution < -0.4 is 5.32 Å². The third kappa shape index (κ3) is 4.59. The van der Waals surface area contributed by atoms with E-state index in [1.54, 1.807) is 23.6 Å². The molecule has 1 N–H and O–H groups in total. The first-order chi connectivity index (χ1) is 14.9. The number of nitrogens with one attached hydrogen (secondary N) is 1. The molecule has 0 radical (unpaired) electrons. The Hall–Kier alpha value is -2.09. The van der Waals surface area contributed by atoms with Gasteiger partial charge in [-0.25, -0.2) is 8.78 Å². The molecule has 3 aromatic rings. The predicted molar refractivity (Wildman–Crippen MR) is 117 cm³/mol. The van der Waals surface area contributed by atoms with E-state index in [0.29, 0.717) is 22.4 Å². The van der Waals surface area contributed by atoms with E-state index in [9.17, 15) is 18.1 Å². The molecule has 1 atom stereocenters. The Kier molecular flexibility index (Phi) is 6.55. The fourth-order valence-corrected chi connectivity index (χ4v) is 6.57. The molecule has 4 rings (SSSR count). The molecule has 1 saturated heterocycles. The average Bonchev–Trinajstić information content (AvgIpc) is 3.13. The SMILES string of the molecule is O=C(N/C=C/c1c(F)cccc1F)C(c1csc2ccc(Cl)cc12)P1(=O)OCCCO1. The van der Waals surface area contributed by atoms with Crippen LogP contribution in [0.25, 0.3) is 16.2 Å². The minimum Gasteiger partial charge on any atom is -0.332 e. The van der Waals surface area contributed by atoms with Crippen LogP contribution in [0.2, 0.25) is 5.02 Å². The molecule has 0 aliphatic carbocycles. The molecule has 2 heterocycles. The first kappa shape index (κ1) is 22.1. The van der Waals surface area contributed by atoms with E-state index in [-0.39, 0.29) is 18.8 Å². The molecule has 1 aliphatic rings. The Balaban J connectivity index is 1.69. The highest BCUT2D eigenvalue weighted by Gasteiger charge is 2.45. The smallest absolute Gasteiger partial charge is 0.332 e. The van der Waals surface area contributed by atoms with Crippen molar-refractivity contribution in [2.24, 2.45) is 0 Å². The van der Waals surface area contributed by atoms with Gasteiger partial charge >= 0.3 is 7.60 Å². The van der Waals surface area contributed by atoms with Crippen molar-refractivity contribution in [1.29, 1.82) is 0 Å². The fourth-order valence-electron chi connectivity index (χ4n) is 3.27. The highest BCUT2D eigenvalue weighted by atomic mass is 35.5. The molecule has 1 aromatic heterocycles. The summed E-state index contributed by atoms with van der Waals surface area (Å²) in [6.07, 6.45) is 2.76. The second-order valence-corrected chi connectivity index (χ2v) is 10.2. The molecule has 1 fully saturated rings. The second-order valence-electron chi connectivity index (χ2n) is 6.77. The molecule has 0 spiro atoms. The van der Waals surface area contributed by atoms with E-state index in [1.165, 1.54) is 17.4 Å². The molecule has 162 valence electrons. The van der Waals surface area contributed by atoms with Gasteiger partial charge < -0.3 is 14.4 Å². The Labute approximate surface area is 186 Å². The van der Waals surface area contributed by atoms with E-state index >= 15 is 0 Å². The maximum absolute atomic E-state index is 13.8. The van der Waals surface area contributed by atoms with Gasteiger partial charge in [0.1, 0.15) is 11.6 Å². The van der Waals surface area contributed by atoms with Crippen molar-refractivity contribution in [2.45, 2.75) is 12.1 Å².